The number of para-hydroxylation sites is 1. The fourth-order valence-electron chi connectivity index (χ4n) is 2.13. The van der Waals surface area contributed by atoms with Crippen LogP contribution in [0.1, 0.15) is 12.5 Å². The molecule has 0 saturated heterocycles. The van der Waals surface area contributed by atoms with Gasteiger partial charge in [0.2, 0.25) is 5.91 Å². The normalized spacial score (nSPS) is 11.9. The van der Waals surface area contributed by atoms with Gasteiger partial charge in [0, 0.05) is 30.5 Å². The van der Waals surface area contributed by atoms with Crippen molar-refractivity contribution in [2.75, 3.05) is 13.7 Å². The van der Waals surface area contributed by atoms with E-state index in [1.807, 2.05) is 48.1 Å². The van der Waals surface area contributed by atoms with Gasteiger partial charge in [0.1, 0.15) is 5.75 Å². The highest BCUT2D eigenvalue weighted by atomic mass is 16.5. The van der Waals surface area contributed by atoms with E-state index in [2.05, 4.69) is 15.7 Å². The van der Waals surface area contributed by atoms with E-state index in [4.69, 9.17) is 4.74 Å². The average molecular weight is 302 g/mol. The van der Waals surface area contributed by atoms with Gasteiger partial charge in [-0.25, -0.2) is 0 Å². The molecule has 1 amide bonds. The Kier molecular flexibility index (Phi) is 5.97. The summed E-state index contributed by atoms with van der Waals surface area (Å²) in [6.45, 7) is 3.48. The van der Waals surface area contributed by atoms with E-state index in [1.54, 1.807) is 13.3 Å². The van der Waals surface area contributed by atoms with Crippen molar-refractivity contribution in [3.05, 3.63) is 48.3 Å². The minimum atomic E-state index is -0.0433. The molecule has 0 aliphatic carbocycles. The molecule has 0 fully saturated rings. The smallest absolute Gasteiger partial charge is 0.234 e. The van der Waals surface area contributed by atoms with Gasteiger partial charge in [-0.15, -0.1) is 0 Å². The molecule has 118 valence electrons. The van der Waals surface area contributed by atoms with Gasteiger partial charge >= 0.3 is 0 Å². The lowest BCUT2D eigenvalue weighted by Crippen LogP contribution is -2.39. The molecule has 2 rings (SSSR count). The Hall–Kier alpha value is -2.34. The second-order valence-corrected chi connectivity index (χ2v) is 5.10. The van der Waals surface area contributed by atoms with E-state index in [0.29, 0.717) is 6.54 Å². The third-order valence-electron chi connectivity index (χ3n) is 3.30. The van der Waals surface area contributed by atoms with E-state index in [9.17, 15) is 4.79 Å². The van der Waals surface area contributed by atoms with Crippen molar-refractivity contribution < 1.29 is 9.53 Å². The van der Waals surface area contributed by atoms with Crippen LogP contribution in [-0.2, 0) is 17.9 Å². The van der Waals surface area contributed by atoms with Gasteiger partial charge in [-0.1, -0.05) is 18.2 Å². The first-order chi connectivity index (χ1) is 10.7. The second-order valence-electron chi connectivity index (χ2n) is 5.10. The summed E-state index contributed by atoms with van der Waals surface area (Å²) in [4.78, 5) is 11.9. The Labute approximate surface area is 130 Å². The van der Waals surface area contributed by atoms with Gasteiger partial charge in [0.15, 0.2) is 0 Å². The SMILES string of the molecule is COc1ccccc1CNC(=O)CNC(C)Cn1cccn1. The van der Waals surface area contributed by atoms with Crippen LogP contribution in [0.5, 0.6) is 5.75 Å². The van der Waals surface area contributed by atoms with Gasteiger partial charge in [0.25, 0.3) is 0 Å². The van der Waals surface area contributed by atoms with E-state index in [-0.39, 0.29) is 18.5 Å². The van der Waals surface area contributed by atoms with Crippen LogP contribution in [0, 0.1) is 0 Å². The summed E-state index contributed by atoms with van der Waals surface area (Å²) in [5, 5.41) is 10.2. The minimum absolute atomic E-state index is 0.0433. The van der Waals surface area contributed by atoms with E-state index in [0.717, 1.165) is 17.9 Å². The zero-order valence-electron chi connectivity index (χ0n) is 13.0. The maximum absolute atomic E-state index is 11.9. The predicted octanol–water partition coefficient (Wildman–Crippen LogP) is 1.19. The van der Waals surface area contributed by atoms with Gasteiger partial charge in [-0.05, 0) is 19.1 Å². The van der Waals surface area contributed by atoms with Gasteiger partial charge < -0.3 is 15.4 Å². The zero-order valence-corrected chi connectivity index (χ0v) is 13.0. The van der Waals surface area contributed by atoms with Gasteiger partial charge in [0.05, 0.1) is 20.2 Å². The molecule has 1 aromatic heterocycles. The summed E-state index contributed by atoms with van der Waals surface area (Å²) in [5.41, 5.74) is 0.961. The average Bonchev–Trinajstić information content (AvgIpc) is 3.04. The van der Waals surface area contributed by atoms with Crippen molar-refractivity contribution in [3.63, 3.8) is 0 Å². The first kappa shape index (κ1) is 16.0. The standard InChI is InChI=1S/C16H22N4O2/c1-13(12-20-9-5-8-19-20)17-11-16(21)18-10-14-6-3-4-7-15(14)22-2/h3-9,13,17H,10-12H2,1-2H3,(H,18,21). The Morgan fingerprint density at radius 3 is 2.91 bits per heavy atom. The van der Waals surface area contributed by atoms with Crippen molar-refractivity contribution >= 4 is 5.91 Å². The fraction of sp³-hybridized carbons (Fsp3) is 0.375. The van der Waals surface area contributed by atoms with E-state index in [1.165, 1.54) is 0 Å². The third-order valence-corrected chi connectivity index (χ3v) is 3.30. The first-order valence-electron chi connectivity index (χ1n) is 7.28. The molecular weight excluding hydrogens is 280 g/mol. The molecule has 1 unspecified atom stereocenters. The number of nitrogens with zero attached hydrogens (tertiary/aromatic N) is 2. The number of hydrogen-bond donors (Lipinski definition) is 2. The summed E-state index contributed by atoms with van der Waals surface area (Å²) >= 11 is 0. The highest BCUT2D eigenvalue weighted by Crippen LogP contribution is 2.16. The Bertz CT molecular complexity index is 584. The number of amides is 1. The number of rotatable bonds is 8. The lowest BCUT2D eigenvalue weighted by molar-refractivity contribution is -0.120. The Balaban J connectivity index is 1.71. The van der Waals surface area contributed by atoms with Crippen LogP contribution in [0.15, 0.2) is 42.7 Å². The van der Waals surface area contributed by atoms with Crippen LogP contribution in [-0.4, -0.2) is 35.4 Å². The summed E-state index contributed by atoms with van der Waals surface area (Å²) in [7, 11) is 1.62. The lowest BCUT2D eigenvalue weighted by atomic mass is 10.2. The topological polar surface area (TPSA) is 68.2 Å². The molecule has 1 aromatic carbocycles. The van der Waals surface area contributed by atoms with Crippen LogP contribution in [0.3, 0.4) is 0 Å². The number of benzene rings is 1. The molecule has 1 heterocycles. The largest absolute Gasteiger partial charge is 0.496 e. The molecule has 0 bridgehead atoms. The van der Waals surface area contributed by atoms with Crippen LogP contribution < -0.4 is 15.4 Å². The van der Waals surface area contributed by atoms with Crippen molar-refractivity contribution in [1.82, 2.24) is 20.4 Å². The monoisotopic (exact) mass is 302 g/mol. The number of hydrogen-bond acceptors (Lipinski definition) is 4. The van der Waals surface area contributed by atoms with E-state index >= 15 is 0 Å². The van der Waals surface area contributed by atoms with Crippen LogP contribution in [0.25, 0.3) is 0 Å². The highest BCUT2D eigenvalue weighted by molar-refractivity contribution is 5.78. The molecule has 22 heavy (non-hydrogen) atoms. The van der Waals surface area contributed by atoms with Crippen molar-refractivity contribution in [3.8, 4) is 5.75 Å². The molecule has 1 atom stereocenters. The molecule has 0 saturated carbocycles. The number of methoxy groups -OCH3 is 1. The number of carbonyl (C=O) groups excluding carboxylic acids is 1. The predicted molar refractivity (Wildman–Crippen MR) is 84.5 cm³/mol. The molecule has 2 N–H and O–H groups in total. The molecule has 0 aliphatic rings. The van der Waals surface area contributed by atoms with Crippen LogP contribution in [0.2, 0.25) is 0 Å². The summed E-state index contributed by atoms with van der Waals surface area (Å²) in [6.07, 6.45) is 3.65. The maximum atomic E-state index is 11.9. The van der Waals surface area contributed by atoms with Crippen LogP contribution in [0.4, 0.5) is 0 Å². The molecule has 6 nitrogen and oxygen atoms in total. The summed E-state index contributed by atoms with van der Waals surface area (Å²) in [6, 6.07) is 9.69. The van der Waals surface area contributed by atoms with Crippen molar-refractivity contribution in [1.29, 1.82) is 0 Å². The maximum Gasteiger partial charge on any atom is 0.234 e. The lowest BCUT2D eigenvalue weighted by Gasteiger charge is -2.14. The Morgan fingerprint density at radius 1 is 1.36 bits per heavy atom. The number of ether oxygens (including phenoxy) is 1. The minimum Gasteiger partial charge on any atom is -0.496 e. The second kappa shape index (κ2) is 8.19. The number of carbonyl (C=O) groups is 1. The molecule has 2 aromatic rings. The molecule has 0 spiro atoms. The highest BCUT2D eigenvalue weighted by Gasteiger charge is 2.07. The van der Waals surface area contributed by atoms with Crippen LogP contribution >= 0.6 is 0 Å². The summed E-state index contributed by atoms with van der Waals surface area (Å²) in [5.74, 6) is 0.737. The molecule has 0 radical (unpaired) electrons. The van der Waals surface area contributed by atoms with Gasteiger partial charge in [-0.2, -0.15) is 5.10 Å². The molecule has 6 heteroatoms. The summed E-state index contributed by atoms with van der Waals surface area (Å²) < 4.78 is 7.10. The van der Waals surface area contributed by atoms with E-state index < -0.39 is 0 Å². The number of aromatic nitrogens is 2. The molecule has 0 aliphatic heterocycles. The molecular formula is C16H22N4O2. The van der Waals surface area contributed by atoms with Crippen molar-refractivity contribution in [2.24, 2.45) is 0 Å². The fourth-order valence-corrected chi connectivity index (χ4v) is 2.13. The number of nitrogens with one attached hydrogen (secondary N) is 2. The quantitative estimate of drug-likeness (QED) is 0.768. The third kappa shape index (κ3) is 4.89. The zero-order chi connectivity index (χ0) is 15.8. The Morgan fingerprint density at radius 2 is 2.18 bits per heavy atom. The van der Waals surface area contributed by atoms with Crippen molar-refractivity contribution in [2.45, 2.75) is 26.1 Å². The first-order valence-corrected chi connectivity index (χ1v) is 7.28. The van der Waals surface area contributed by atoms with Gasteiger partial charge in [-0.3, -0.25) is 9.48 Å².